The molecule has 0 aliphatic heterocycles. The molecule has 4 rings (SSSR count). The number of aromatic nitrogens is 2. The lowest BCUT2D eigenvalue weighted by Gasteiger charge is -2.25. The average molecular weight is 499 g/mol. The van der Waals surface area contributed by atoms with Crippen LogP contribution < -0.4 is 10.6 Å². The number of nitrogen functional groups attached to an aromatic ring is 1. The summed E-state index contributed by atoms with van der Waals surface area (Å²) < 4.78 is 16.1. The predicted molar refractivity (Wildman–Crippen MR) is 144 cm³/mol. The first-order chi connectivity index (χ1) is 16.4. The molecule has 0 radical (unpaired) electrons. The summed E-state index contributed by atoms with van der Waals surface area (Å²) in [4.78, 5) is 10.9. The molecule has 2 N–H and O–H groups in total. The van der Waals surface area contributed by atoms with Crippen molar-refractivity contribution < 1.29 is 4.39 Å². The van der Waals surface area contributed by atoms with E-state index in [-0.39, 0.29) is 21.4 Å². The van der Waals surface area contributed by atoms with Crippen molar-refractivity contribution in [2.45, 2.75) is 46.0 Å². The lowest BCUT2D eigenvalue weighted by atomic mass is 9.96. The summed E-state index contributed by atoms with van der Waals surface area (Å²) in [6, 6.07) is 13.1. The second kappa shape index (κ2) is 10.7. The van der Waals surface area contributed by atoms with Gasteiger partial charge < -0.3 is 10.6 Å². The Balaban J connectivity index is 1.90. The van der Waals surface area contributed by atoms with Crippen LogP contribution in [0.5, 0.6) is 0 Å². The fraction of sp³-hybridized carbons (Fsp3) is 0.333. The average Bonchev–Trinajstić information content (AvgIpc) is 2.81. The smallest absolute Gasteiger partial charge is 0.225 e. The molecule has 178 valence electrons. The Bertz CT molecular complexity index is 1330. The molecule has 0 spiro atoms. The van der Waals surface area contributed by atoms with Crippen LogP contribution in [-0.2, 0) is 0 Å². The van der Waals surface area contributed by atoms with Crippen LogP contribution in [0.15, 0.2) is 42.5 Å². The summed E-state index contributed by atoms with van der Waals surface area (Å²) in [7, 11) is 0. The van der Waals surface area contributed by atoms with Gasteiger partial charge >= 0.3 is 0 Å². The summed E-state index contributed by atoms with van der Waals surface area (Å²) in [6.45, 7) is 5.90. The van der Waals surface area contributed by atoms with E-state index in [2.05, 4.69) is 28.7 Å². The van der Waals surface area contributed by atoms with Crippen LogP contribution in [0.4, 0.5) is 15.9 Å². The number of halogens is 3. The van der Waals surface area contributed by atoms with E-state index >= 15 is 4.39 Å². The maximum Gasteiger partial charge on any atom is 0.225 e. The molecule has 0 aliphatic carbocycles. The largest absolute Gasteiger partial charge is 0.399 e. The van der Waals surface area contributed by atoms with Crippen LogP contribution >= 0.6 is 23.2 Å². The molecule has 4 nitrogen and oxygen atoms in total. The topological polar surface area (TPSA) is 55.0 Å². The molecule has 1 aromatic heterocycles. The van der Waals surface area contributed by atoms with E-state index in [9.17, 15) is 0 Å². The molecule has 0 amide bonds. The minimum atomic E-state index is -0.522. The third-order valence-corrected chi connectivity index (χ3v) is 6.53. The van der Waals surface area contributed by atoms with Crippen molar-refractivity contribution in [3.8, 4) is 11.1 Å². The number of rotatable bonds is 9. The number of hydrogen-bond acceptors (Lipinski definition) is 4. The predicted octanol–water partition coefficient (Wildman–Crippen LogP) is 8.27. The SMILES string of the molecule is CCCCCCN(CCC)c1nc(Cl)nc2c(F)c(-c3cc(N)cc4ccccc34)c(Cl)cc12. The van der Waals surface area contributed by atoms with E-state index in [4.69, 9.17) is 28.9 Å². The van der Waals surface area contributed by atoms with Gasteiger partial charge in [-0.3, -0.25) is 0 Å². The Kier molecular flexibility index (Phi) is 7.74. The number of nitrogens with zero attached hydrogens (tertiary/aromatic N) is 3. The second-order valence-electron chi connectivity index (χ2n) is 8.60. The van der Waals surface area contributed by atoms with Crippen molar-refractivity contribution in [3.05, 3.63) is 58.6 Å². The van der Waals surface area contributed by atoms with Crippen molar-refractivity contribution in [1.29, 1.82) is 0 Å². The first-order valence-corrected chi connectivity index (χ1v) is 12.6. The van der Waals surface area contributed by atoms with Crippen LogP contribution in [-0.4, -0.2) is 23.1 Å². The first kappa shape index (κ1) is 24.5. The van der Waals surface area contributed by atoms with Gasteiger partial charge in [0, 0.05) is 29.7 Å². The highest BCUT2D eigenvalue weighted by Gasteiger charge is 2.22. The van der Waals surface area contributed by atoms with E-state index in [1.165, 1.54) is 12.8 Å². The molecule has 0 atom stereocenters. The quantitative estimate of drug-likeness (QED) is 0.143. The Labute approximate surface area is 209 Å². The second-order valence-corrected chi connectivity index (χ2v) is 9.34. The monoisotopic (exact) mass is 498 g/mol. The van der Waals surface area contributed by atoms with Crippen molar-refractivity contribution in [2.24, 2.45) is 0 Å². The van der Waals surface area contributed by atoms with Gasteiger partial charge in [0.05, 0.1) is 5.02 Å². The zero-order valence-corrected chi connectivity index (χ0v) is 21.1. The third-order valence-electron chi connectivity index (χ3n) is 6.06. The molecule has 0 fully saturated rings. The lowest BCUT2D eigenvalue weighted by Crippen LogP contribution is -2.27. The van der Waals surface area contributed by atoms with Crippen molar-refractivity contribution in [1.82, 2.24) is 9.97 Å². The normalized spacial score (nSPS) is 11.4. The van der Waals surface area contributed by atoms with Gasteiger partial charge in [0.15, 0.2) is 5.82 Å². The molecule has 0 aliphatic rings. The fourth-order valence-electron chi connectivity index (χ4n) is 4.50. The van der Waals surface area contributed by atoms with Crippen molar-refractivity contribution in [3.63, 3.8) is 0 Å². The molecule has 4 aromatic rings. The van der Waals surface area contributed by atoms with Gasteiger partial charge in [-0.1, -0.05) is 69.0 Å². The van der Waals surface area contributed by atoms with Crippen LogP contribution in [0.25, 0.3) is 32.8 Å². The lowest BCUT2D eigenvalue weighted by molar-refractivity contribution is 0.633. The number of fused-ring (bicyclic) bond motifs is 2. The highest BCUT2D eigenvalue weighted by atomic mass is 35.5. The maximum atomic E-state index is 16.1. The number of benzene rings is 3. The van der Waals surface area contributed by atoms with E-state index in [0.29, 0.717) is 22.5 Å². The van der Waals surface area contributed by atoms with Crippen LogP contribution in [0.2, 0.25) is 10.3 Å². The molecule has 1 heterocycles. The minimum Gasteiger partial charge on any atom is -0.399 e. The molecule has 3 aromatic carbocycles. The summed E-state index contributed by atoms with van der Waals surface area (Å²) in [5.41, 5.74) is 7.74. The molecule has 7 heteroatoms. The molecular formula is C27H29Cl2FN4. The summed E-state index contributed by atoms with van der Waals surface area (Å²) in [5, 5.41) is 2.64. The number of anilines is 2. The van der Waals surface area contributed by atoms with E-state index in [1.807, 2.05) is 30.3 Å². The number of unbranched alkanes of at least 4 members (excludes halogenated alkanes) is 3. The zero-order valence-electron chi connectivity index (χ0n) is 19.5. The summed E-state index contributed by atoms with van der Waals surface area (Å²) in [6.07, 6.45) is 5.44. The van der Waals surface area contributed by atoms with Crippen molar-refractivity contribution in [2.75, 3.05) is 23.7 Å². The third kappa shape index (κ3) is 4.91. The highest BCUT2D eigenvalue weighted by molar-refractivity contribution is 6.35. The Morgan fingerprint density at radius 2 is 1.71 bits per heavy atom. The van der Waals surface area contributed by atoms with Crippen LogP contribution in [0.3, 0.4) is 0 Å². The van der Waals surface area contributed by atoms with Crippen LogP contribution in [0.1, 0.15) is 46.0 Å². The molecule has 0 bridgehead atoms. The molecule has 0 saturated heterocycles. The Morgan fingerprint density at radius 3 is 2.47 bits per heavy atom. The van der Waals surface area contributed by atoms with Crippen LogP contribution in [0, 0.1) is 5.82 Å². The molecule has 34 heavy (non-hydrogen) atoms. The van der Waals surface area contributed by atoms with Gasteiger partial charge in [-0.05, 0) is 59.0 Å². The highest BCUT2D eigenvalue weighted by Crippen LogP contribution is 2.41. The van der Waals surface area contributed by atoms with Gasteiger partial charge in [0.2, 0.25) is 5.28 Å². The standard InChI is InChI=1S/C27H29Cl2FN4/c1-3-5-6-9-13-34(12-4-2)26-21-16-22(28)23(24(30)25(21)32-27(29)33-26)20-15-18(31)14-17-10-7-8-11-19(17)20/h7-8,10-11,14-16H,3-6,9,12-13,31H2,1-2H3. The Hall–Kier alpha value is -2.63. The maximum absolute atomic E-state index is 16.1. The van der Waals surface area contributed by atoms with E-state index < -0.39 is 5.82 Å². The van der Waals surface area contributed by atoms with Gasteiger partial charge in [-0.2, -0.15) is 4.98 Å². The fourth-order valence-corrected chi connectivity index (χ4v) is 4.96. The molecular weight excluding hydrogens is 470 g/mol. The van der Waals surface area contributed by atoms with Gasteiger partial charge in [-0.25, -0.2) is 9.37 Å². The van der Waals surface area contributed by atoms with Crippen molar-refractivity contribution >= 4 is 56.4 Å². The van der Waals surface area contributed by atoms with E-state index in [1.54, 1.807) is 12.1 Å². The van der Waals surface area contributed by atoms with Gasteiger partial charge in [0.25, 0.3) is 0 Å². The molecule has 0 saturated carbocycles. The number of nitrogens with two attached hydrogens (primary N) is 1. The summed E-state index contributed by atoms with van der Waals surface area (Å²) >= 11 is 13.1. The minimum absolute atomic E-state index is 0.0155. The number of hydrogen-bond donors (Lipinski definition) is 1. The van der Waals surface area contributed by atoms with Gasteiger partial charge in [-0.15, -0.1) is 0 Å². The molecule has 0 unspecified atom stereocenters. The first-order valence-electron chi connectivity index (χ1n) is 11.8. The zero-order chi connectivity index (χ0) is 24.2. The van der Waals surface area contributed by atoms with E-state index in [0.717, 1.165) is 43.1 Å². The Morgan fingerprint density at radius 1 is 0.912 bits per heavy atom. The summed E-state index contributed by atoms with van der Waals surface area (Å²) in [5.74, 6) is 0.101. The van der Waals surface area contributed by atoms with Gasteiger partial charge in [0.1, 0.15) is 11.3 Å².